The second kappa shape index (κ2) is 6.01. The number of pyridine rings is 1. The third-order valence-electron chi connectivity index (χ3n) is 3.37. The van der Waals surface area contributed by atoms with E-state index in [2.05, 4.69) is 4.98 Å². The zero-order chi connectivity index (χ0) is 15.6. The molecule has 1 heterocycles. The minimum absolute atomic E-state index is 0.268. The van der Waals surface area contributed by atoms with Crippen molar-refractivity contribution in [1.29, 1.82) is 0 Å². The van der Waals surface area contributed by atoms with Gasteiger partial charge in [0.2, 0.25) is 0 Å². The molecule has 110 valence electrons. The van der Waals surface area contributed by atoms with Crippen LogP contribution < -0.4 is 0 Å². The molecule has 1 aromatic carbocycles. The van der Waals surface area contributed by atoms with Crippen LogP contribution >= 0.6 is 0 Å². The summed E-state index contributed by atoms with van der Waals surface area (Å²) in [4.78, 5) is 16.3. The van der Waals surface area contributed by atoms with Gasteiger partial charge in [0.15, 0.2) is 0 Å². The number of ether oxygens (including phenoxy) is 1. The molecule has 0 radical (unpaired) electrons. The Morgan fingerprint density at radius 3 is 2.38 bits per heavy atom. The van der Waals surface area contributed by atoms with Gasteiger partial charge >= 0.3 is 5.97 Å². The van der Waals surface area contributed by atoms with Crippen LogP contribution in [-0.2, 0) is 11.3 Å². The predicted octanol–water partition coefficient (Wildman–Crippen LogP) is 2.78. The molecule has 0 saturated heterocycles. The number of aromatic nitrogens is 1. The van der Waals surface area contributed by atoms with Gasteiger partial charge in [-0.05, 0) is 31.5 Å². The molecular weight excluding hydrogens is 273 g/mol. The maximum absolute atomic E-state index is 13.1. The molecule has 0 unspecified atom stereocenters. The van der Waals surface area contributed by atoms with Crippen LogP contribution in [0.3, 0.4) is 0 Å². The summed E-state index contributed by atoms with van der Waals surface area (Å²) in [6, 6.07) is 5.75. The highest BCUT2D eigenvalue weighted by molar-refractivity contribution is 5.99. The smallest absolute Gasteiger partial charge is 0.340 e. The van der Waals surface area contributed by atoms with Gasteiger partial charge in [-0.15, -0.1) is 0 Å². The lowest BCUT2D eigenvalue weighted by atomic mass is 9.93. The lowest BCUT2D eigenvalue weighted by molar-refractivity contribution is 0.0600. The highest BCUT2D eigenvalue weighted by Gasteiger charge is 2.22. The fraction of sp³-hybridized carbons (Fsp3) is 0.250. The molecule has 21 heavy (non-hydrogen) atoms. The third-order valence-corrected chi connectivity index (χ3v) is 3.37. The molecule has 0 bridgehead atoms. The van der Waals surface area contributed by atoms with Crippen molar-refractivity contribution < 1.29 is 19.0 Å². The number of aliphatic hydroxyl groups is 1. The number of rotatable bonds is 3. The van der Waals surface area contributed by atoms with Gasteiger partial charge in [0.25, 0.3) is 0 Å². The zero-order valence-electron chi connectivity index (χ0n) is 12.1. The first-order valence-corrected chi connectivity index (χ1v) is 6.44. The van der Waals surface area contributed by atoms with Gasteiger partial charge in [-0.2, -0.15) is 0 Å². The molecule has 0 aliphatic carbocycles. The third kappa shape index (κ3) is 2.78. The number of esters is 1. The Balaban J connectivity index is 2.82. The number of benzene rings is 1. The van der Waals surface area contributed by atoms with E-state index in [0.29, 0.717) is 33.6 Å². The Kier molecular flexibility index (Phi) is 4.33. The van der Waals surface area contributed by atoms with Crippen LogP contribution in [0.4, 0.5) is 4.39 Å². The second-order valence-corrected chi connectivity index (χ2v) is 4.67. The molecule has 2 aromatic rings. The number of hydrogen-bond acceptors (Lipinski definition) is 4. The zero-order valence-corrected chi connectivity index (χ0v) is 12.1. The molecule has 0 spiro atoms. The molecule has 1 aromatic heterocycles. The summed E-state index contributed by atoms with van der Waals surface area (Å²) in [6.07, 6.45) is 0. The van der Waals surface area contributed by atoms with E-state index in [-0.39, 0.29) is 12.4 Å². The first-order valence-electron chi connectivity index (χ1n) is 6.44. The van der Waals surface area contributed by atoms with Crippen LogP contribution in [0.25, 0.3) is 11.1 Å². The molecule has 0 amide bonds. The van der Waals surface area contributed by atoms with Crippen molar-refractivity contribution in [3.8, 4) is 11.1 Å². The summed E-state index contributed by atoms with van der Waals surface area (Å²) in [6.45, 7) is 3.19. The van der Waals surface area contributed by atoms with Crippen LogP contribution in [0, 0.1) is 19.7 Å². The summed E-state index contributed by atoms with van der Waals surface area (Å²) >= 11 is 0. The summed E-state index contributed by atoms with van der Waals surface area (Å²) in [7, 11) is 1.29. The van der Waals surface area contributed by atoms with E-state index in [1.807, 2.05) is 0 Å². The highest BCUT2D eigenvalue weighted by atomic mass is 19.1. The fourth-order valence-electron chi connectivity index (χ4n) is 2.37. The van der Waals surface area contributed by atoms with E-state index < -0.39 is 5.97 Å². The molecule has 0 fully saturated rings. The second-order valence-electron chi connectivity index (χ2n) is 4.67. The molecule has 1 N–H and O–H groups in total. The molecular formula is C16H16FNO3. The van der Waals surface area contributed by atoms with Gasteiger partial charge in [0.1, 0.15) is 5.82 Å². The van der Waals surface area contributed by atoms with Gasteiger partial charge in [-0.25, -0.2) is 9.18 Å². The number of aliphatic hydroxyl groups excluding tert-OH is 1. The Hall–Kier alpha value is -2.27. The highest BCUT2D eigenvalue weighted by Crippen LogP contribution is 2.32. The van der Waals surface area contributed by atoms with Crippen molar-refractivity contribution in [3.05, 3.63) is 52.6 Å². The Morgan fingerprint density at radius 1 is 1.24 bits per heavy atom. The normalized spacial score (nSPS) is 10.5. The summed E-state index contributed by atoms with van der Waals surface area (Å²) < 4.78 is 17.9. The fourth-order valence-corrected chi connectivity index (χ4v) is 2.37. The van der Waals surface area contributed by atoms with Crippen molar-refractivity contribution in [2.45, 2.75) is 20.5 Å². The maximum atomic E-state index is 13.1. The number of carbonyl (C=O) groups excluding carboxylic acids is 1. The molecule has 5 heteroatoms. The molecule has 0 aliphatic heterocycles. The lowest BCUT2D eigenvalue weighted by Crippen LogP contribution is -2.12. The largest absolute Gasteiger partial charge is 0.465 e. The summed E-state index contributed by atoms with van der Waals surface area (Å²) in [5.41, 5.74) is 3.13. The van der Waals surface area contributed by atoms with Crippen LogP contribution in [0.1, 0.15) is 27.3 Å². The minimum atomic E-state index is -0.533. The number of nitrogens with zero attached hydrogens (tertiary/aromatic N) is 1. The van der Waals surface area contributed by atoms with E-state index in [0.717, 1.165) is 0 Å². The van der Waals surface area contributed by atoms with Crippen LogP contribution in [0.5, 0.6) is 0 Å². The first kappa shape index (κ1) is 15.1. The quantitative estimate of drug-likeness (QED) is 0.883. The predicted molar refractivity (Wildman–Crippen MR) is 76.4 cm³/mol. The monoisotopic (exact) mass is 289 g/mol. The number of aryl methyl sites for hydroxylation is 2. The lowest BCUT2D eigenvalue weighted by Gasteiger charge is -2.17. The Bertz CT molecular complexity index is 681. The van der Waals surface area contributed by atoms with E-state index in [9.17, 15) is 14.3 Å². The van der Waals surface area contributed by atoms with Crippen LogP contribution in [-0.4, -0.2) is 23.2 Å². The number of carbonyl (C=O) groups is 1. The Labute approximate surface area is 122 Å². The topological polar surface area (TPSA) is 59.4 Å². The number of methoxy groups -OCH3 is 1. The van der Waals surface area contributed by atoms with Gasteiger partial charge in [-0.1, -0.05) is 12.1 Å². The van der Waals surface area contributed by atoms with Gasteiger partial charge in [0.05, 0.1) is 25.0 Å². The molecule has 4 nitrogen and oxygen atoms in total. The summed E-state index contributed by atoms with van der Waals surface area (Å²) in [5, 5.41) is 9.62. The average Bonchev–Trinajstić information content (AvgIpc) is 2.46. The molecule has 0 aliphatic rings. The van der Waals surface area contributed by atoms with Crippen molar-refractivity contribution >= 4 is 5.97 Å². The van der Waals surface area contributed by atoms with Crippen LogP contribution in [0.15, 0.2) is 24.3 Å². The van der Waals surface area contributed by atoms with E-state index in [1.54, 1.807) is 26.0 Å². The average molecular weight is 289 g/mol. The first-order chi connectivity index (χ1) is 9.99. The number of hydrogen-bond donors (Lipinski definition) is 1. The minimum Gasteiger partial charge on any atom is -0.465 e. The summed E-state index contributed by atoms with van der Waals surface area (Å²) in [5.74, 6) is -0.902. The van der Waals surface area contributed by atoms with E-state index >= 15 is 0 Å². The van der Waals surface area contributed by atoms with Crippen molar-refractivity contribution in [2.24, 2.45) is 0 Å². The van der Waals surface area contributed by atoms with Crippen molar-refractivity contribution in [2.75, 3.05) is 7.11 Å². The van der Waals surface area contributed by atoms with Gasteiger partial charge in [-0.3, -0.25) is 4.98 Å². The maximum Gasteiger partial charge on any atom is 0.340 e. The molecule has 0 atom stereocenters. The SMILES string of the molecule is COC(=O)c1c(C)nc(C)c(CO)c1-c1ccc(F)cc1. The van der Waals surface area contributed by atoms with Crippen molar-refractivity contribution in [3.63, 3.8) is 0 Å². The van der Waals surface area contributed by atoms with Gasteiger partial charge < -0.3 is 9.84 Å². The Morgan fingerprint density at radius 2 is 1.86 bits per heavy atom. The van der Waals surface area contributed by atoms with E-state index in [4.69, 9.17) is 4.74 Å². The standard InChI is InChI=1S/C16H16FNO3/c1-9-13(8-19)15(11-4-6-12(17)7-5-11)14(10(2)18-9)16(20)21-3/h4-7,19H,8H2,1-3H3. The number of halogens is 1. The van der Waals surface area contributed by atoms with Gasteiger partial charge in [0, 0.05) is 16.8 Å². The molecule has 2 rings (SSSR count). The van der Waals surface area contributed by atoms with E-state index in [1.165, 1.54) is 19.2 Å². The van der Waals surface area contributed by atoms with Crippen LogP contribution in [0.2, 0.25) is 0 Å². The van der Waals surface area contributed by atoms with Crippen molar-refractivity contribution in [1.82, 2.24) is 4.98 Å². The molecule has 0 saturated carbocycles.